The van der Waals surface area contributed by atoms with Crippen molar-refractivity contribution < 1.29 is 23.1 Å². The molecule has 1 amide bonds. The molecular formula is C21H25BrN4O5S. The Kier molecular flexibility index (Phi) is 7.88. The fourth-order valence-electron chi connectivity index (χ4n) is 3.24. The molecule has 1 heterocycles. The van der Waals surface area contributed by atoms with E-state index in [4.69, 9.17) is 4.74 Å². The number of aromatic hydroxyl groups is 1. The van der Waals surface area contributed by atoms with Crippen molar-refractivity contribution in [3.63, 3.8) is 0 Å². The average Bonchev–Trinajstić information content (AvgIpc) is 2.78. The number of carbonyl (C=O) groups is 1. The molecular weight excluding hydrogens is 500 g/mol. The summed E-state index contributed by atoms with van der Waals surface area (Å²) in [4.78, 5) is 14.4. The number of nitrogens with one attached hydrogen (secondary N) is 1. The largest absolute Gasteiger partial charge is 0.504 e. The zero-order chi connectivity index (χ0) is 23.3. The minimum atomic E-state index is -3.56. The molecule has 172 valence electrons. The first kappa shape index (κ1) is 24.2. The van der Waals surface area contributed by atoms with Gasteiger partial charge in [0.05, 0.1) is 24.3 Å². The lowest BCUT2D eigenvalue weighted by Gasteiger charge is -2.33. The van der Waals surface area contributed by atoms with Crippen LogP contribution in [0.5, 0.6) is 11.5 Å². The highest BCUT2D eigenvalue weighted by atomic mass is 79.9. The average molecular weight is 525 g/mol. The zero-order valence-corrected chi connectivity index (χ0v) is 20.2. The second-order valence-electron chi connectivity index (χ2n) is 7.25. The highest BCUT2D eigenvalue weighted by molar-refractivity contribution is 9.10. The summed E-state index contributed by atoms with van der Waals surface area (Å²) in [6.45, 7) is 3.35. The van der Waals surface area contributed by atoms with Gasteiger partial charge in [-0.05, 0) is 49.4 Å². The van der Waals surface area contributed by atoms with Gasteiger partial charge in [0.15, 0.2) is 11.5 Å². The van der Waals surface area contributed by atoms with Gasteiger partial charge in [-0.1, -0.05) is 15.9 Å². The summed E-state index contributed by atoms with van der Waals surface area (Å²) in [5, 5.41) is 13.8. The van der Waals surface area contributed by atoms with Crippen LogP contribution in [0.4, 0.5) is 0 Å². The van der Waals surface area contributed by atoms with Crippen LogP contribution < -0.4 is 10.2 Å². The molecule has 2 aromatic rings. The monoisotopic (exact) mass is 524 g/mol. The molecule has 2 N–H and O–H groups in total. The van der Waals surface area contributed by atoms with Crippen LogP contribution in [0.1, 0.15) is 12.5 Å². The van der Waals surface area contributed by atoms with E-state index in [0.29, 0.717) is 43.2 Å². The van der Waals surface area contributed by atoms with Crippen LogP contribution in [-0.4, -0.2) is 74.2 Å². The van der Waals surface area contributed by atoms with Gasteiger partial charge in [0.1, 0.15) is 0 Å². The van der Waals surface area contributed by atoms with Crippen molar-refractivity contribution in [2.24, 2.45) is 5.10 Å². The van der Waals surface area contributed by atoms with Crippen molar-refractivity contribution in [1.29, 1.82) is 0 Å². The first-order chi connectivity index (χ1) is 15.2. The number of hydrogen-bond acceptors (Lipinski definition) is 7. The van der Waals surface area contributed by atoms with E-state index in [9.17, 15) is 18.3 Å². The Morgan fingerprint density at radius 1 is 1.16 bits per heavy atom. The van der Waals surface area contributed by atoms with Gasteiger partial charge in [-0.25, -0.2) is 13.8 Å². The predicted octanol–water partition coefficient (Wildman–Crippen LogP) is 2.01. The van der Waals surface area contributed by atoms with Crippen LogP contribution >= 0.6 is 15.9 Å². The molecule has 0 aliphatic carbocycles. The Bertz CT molecular complexity index is 1100. The number of rotatable bonds is 7. The van der Waals surface area contributed by atoms with E-state index in [1.54, 1.807) is 43.3 Å². The molecule has 9 nitrogen and oxygen atoms in total. The molecule has 32 heavy (non-hydrogen) atoms. The normalized spacial score (nSPS) is 16.0. The van der Waals surface area contributed by atoms with Gasteiger partial charge in [0, 0.05) is 36.2 Å². The Morgan fingerprint density at radius 3 is 2.44 bits per heavy atom. The standard InChI is InChI=1S/C21H25BrN4O5S/c1-15(16-3-8-19(27)20(13-16)31-2)23-24-21(28)14-25-9-11-26(12-10-25)32(29,30)18-6-4-17(22)5-7-18/h3-8,13,27H,9-12,14H2,1-2H3,(H,24,28)/b23-15+. The first-order valence-corrected chi connectivity index (χ1v) is 12.1. The topological polar surface area (TPSA) is 112 Å². The molecule has 0 spiro atoms. The summed E-state index contributed by atoms with van der Waals surface area (Å²) in [5.41, 5.74) is 3.78. The molecule has 0 atom stereocenters. The number of phenols is 1. The number of sulfonamides is 1. The molecule has 1 aliphatic heterocycles. The van der Waals surface area contributed by atoms with E-state index >= 15 is 0 Å². The lowest BCUT2D eigenvalue weighted by molar-refractivity contribution is -0.122. The highest BCUT2D eigenvalue weighted by Crippen LogP contribution is 2.26. The summed E-state index contributed by atoms with van der Waals surface area (Å²) in [5.74, 6) is 0.0491. The number of hydrogen-bond donors (Lipinski definition) is 2. The quantitative estimate of drug-likeness (QED) is 0.423. The molecule has 0 unspecified atom stereocenters. The molecule has 0 aromatic heterocycles. The number of benzene rings is 2. The van der Waals surface area contributed by atoms with E-state index in [2.05, 4.69) is 26.5 Å². The maximum absolute atomic E-state index is 12.8. The second kappa shape index (κ2) is 10.4. The number of piperazine rings is 1. The van der Waals surface area contributed by atoms with Crippen LogP contribution in [0.3, 0.4) is 0 Å². The van der Waals surface area contributed by atoms with Crippen molar-refractivity contribution in [3.05, 3.63) is 52.5 Å². The maximum Gasteiger partial charge on any atom is 0.254 e. The number of ether oxygens (including phenoxy) is 1. The molecule has 1 saturated heterocycles. The fraction of sp³-hybridized carbons (Fsp3) is 0.333. The Morgan fingerprint density at radius 2 is 1.81 bits per heavy atom. The summed E-state index contributed by atoms with van der Waals surface area (Å²) in [6.07, 6.45) is 0. The molecule has 0 saturated carbocycles. The molecule has 0 radical (unpaired) electrons. The van der Waals surface area contributed by atoms with Crippen molar-refractivity contribution in [2.75, 3.05) is 39.8 Å². The summed E-state index contributed by atoms with van der Waals surface area (Å²) >= 11 is 3.31. The summed E-state index contributed by atoms with van der Waals surface area (Å²) < 4.78 is 32.9. The van der Waals surface area contributed by atoms with Gasteiger partial charge in [-0.15, -0.1) is 0 Å². The summed E-state index contributed by atoms with van der Waals surface area (Å²) in [6, 6.07) is 11.3. The molecule has 1 aliphatic rings. The molecule has 11 heteroatoms. The van der Waals surface area contributed by atoms with Gasteiger partial charge >= 0.3 is 0 Å². The van der Waals surface area contributed by atoms with Gasteiger partial charge < -0.3 is 9.84 Å². The highest BCUT2D eigenvalue weighted by Gasteiger charge is 2.29. The van der Waals surface area contributed by atoms with Crippen molar-refractivity contribution in [1.82, 2.24) is 14.6 Å². The van der Waals surface area contributed by atoms with Crippen LogP contribution in [-0.2, 0) is 14.8 Å². The Balaban J connectivity index is 1.52. The minimum absolute atomic E-state index is 0.0226. The molecule has 2 aromatic carbocycles. The minimum Gasteiger partial charge on any atom is -0.504 e. The van der Waals surface area contributed by atoms with Gasteiger partial charge in [0.25, 0.3) is 5.91 Å². The lowest BCUT2D eigenvalue weighted by atomic mass is 10.1. The third-order valence-electron chi connectivity index (χ3n) is 5.10. The SMILES string of the molecule is COc1cc(/C(C)=N/NC(=O)CN2CCN(S(=O)(=O)c3ccc(Br)cc3)CC2)ccc1O. The summed E-state index contributed by atoms with van der Waals surface area (Å²) in [7, 11) is -2.10. The number of phenolic OH excluding ortho intramolecular Hbond substituents is 1. The molecule has 3 rings (SSSR count). The smallest absolute Gasteiger partial charge is 0.254 e. The van der Waals surface area contributed by atoms with E-state index in [-0.39, 0.29) is 23.1 Å². The predicted molar refractivity (Wildman–Crippen MR) is 124 cm³/mol. The maximum atomic E-state index is 12.8. The Hall–Kier alpha value is -2.47. The van der Waals surface area contributed by atoms with Gasteiger partial charge in [-0.3, -0.25) is 9.69 Å². The molecule has 0 bridgehead atoms. The third-order valence-corrected chi connectivity index (χ3v) is 7.54. The lowest BCUT2D eigenvalue weighted by Crippen LogP contribution is -2.50. The number of hydrazone groups is 1. The zero-order valence-electron chi connectivity index (χ0n) is 17.8. The van der Waals surface area contributed by atoms with E-state index in [1.807, 2.05) is 4.90 Å². The number of nitrogens with zero attached hydrogens (tertiary/aromatic N) is 3. The van der Waals surface area contributed by atoms with E-state index in [0.717, 1.165) is 4.47 Å². The Labute approximate surface area is 195 Å². The van der Waals surface area contributed by atoms with Crippen LogP contribution in [0.25, 0.3) is 0 Å². The van der Waals surface area contributed by atoms with Crippen LogP contribution in [0.2, 0.25) is 0 Å². The first-order valence-electron chi connectivity index (χ1n) is 9.89. The van der Waals surface area contributed by atoms with Crippen molar-refractivity contribution in [3.8, 4) is 11.5 Å². The van der Waals surface area contributed by atoms with Crippen molar-refractivity contribution >= 4 is 37.6 Å². The van der Waals surface area contributed by atoms with Gasteiger partial charge in [0.2, 0.25) is 10.0 Å². The number of halogens is 1. The number of methoxy groups -OCH3 is 1. The van der Waals surface area contributed by atoms with Crippen LogP contribution in [0, 0.1) is 0 Å². The van der Waals surface area contributed by atoms with Crippen LogP contribution in [0.15, 0.2) is 56.9 Å². The van der Waals surface area contributed by atoms with E-state index < -0.39 is 10.0 Å². The fourth-order valence-corrected chi connectivity index (χ4v) is 4.92. The number of carbonyl (C=O) groups excluding carboxylic acids is 1. The van der Waals surface area contributed by atoms with Crippen molar-refractivity contribution in [2.45, 2.75) is 11.8 Å². The van der Waals surface area contributed by atoms with E-state index in [1.165, 1.54) is 17.5 Å². The molecule has 1 fully saturated rings. The number of amides is 1. The van der Waals surface area contributed by atoms with Gasteiger partial charge in [-0.2, -0.15) is 9.41 Å². The third kappa shape index (κ3) is 5.85. The second-order valence-corrected chi connectivity index (χ2v) is 10.1.